The molecule has 0 unspecified atom stereocenters. The number of aliphatic imine (C=N–C) groups is 2. The summed E-state index contributed by atoms with van der Waals surface area (Å²) in [5.41, 5.74) is 14.2. The lowest BCUT2D eigenvalue weighted by molar-refractivity contribution is 0.829. The molecule has 0 aromatic heterocycles. The Hall–Kier alpha value is -4.04. The topological polar surface area (TPSA) is 24.7 Å². The molecule has 1 aliphatic carbocycles. The van der Waals surface area contributed by atoms with Crippen LogP contribution in [-0.2, 0) is 12.8 Å². The molecule has 0 N–H and O–H groups in total. The maximum atomic E-state index is 5.66. The second-order valence-corrected chi connectivity index (χ2v) is 13.5. The van der Waals surface area contributed by atoms with Gasteiger partial charge < -0.3 is 0 Å². The highest BCUT2D eigenvalue weighted by atomic mass is 14.9. The molecular weight excluding hydrogens is 532 g/mol. The molecule has 1 aliphatic rings. The summed E-state index contributed by atoms with van der Waals surface area (Å²) in [6.45, 7) is 26.2. The van der Waals surface area contributed by atoms with Gasteiger partial charge in [0.1, 0.15) is 0 Å². The van der Waals surface area contributed by atoms with Crippen LogP contribution in [0.1, 0.15) is 124 Å². The van der Waals surface area contributed by atoms with E-state index in [4.69, 9.17) is 9.98 Å². The lowest BCUT2D eigenvalue weighted by Crippen LogP contribution is -2.12. The molecule has 4 aromatic rings. The van der Waals surface area contributed by atoms with Crippen LogP contribution in [0, 0.1) is 0 Å². The van der Waals surface area contributed by atoms with Gasteiger partial charge in [0.25, 0.3) is 0 Å². The summed E-state index contributed by atoms with van der Waals surface area (Å²) >= 11 is 0. The lowest BCUT2D eigenvalue weighted by Gasteiger charge is -2.21. The smallest absolute Gasteiger partial charge is 0.0979 e. The summed E-state index contributed by atoms with van der Waals surface area (Å²) in [4.78, 5) is 11.3. The van der Waals surface area contributed by atoms with Crippen molar-refractivity contribution in [2.75, 3.05) is 0 Å². The molecule has 226 valence electrons. The van der Waals surface area contributed by atoms with Crippen LogP contribution in [0.15, 0.2) is 96.0 Å². The second-order valence-electron chi connectivity index (χ2n) is 13.5. The standard InChI is InChI=1S/C42H48N2/c1-11-15-29-21-34(25(3)4)39(35(22-29)26(5)6)43-41-32-19-13-17-31-18-14-20-33(38(31)32)42(41)44-40-36(27(7)8)23-30(16-12-2)24-37(40)28(9)10/h11-14,17-28H,1-2,15-16H2,3-10H3/b43-41-,44-42+. The Morgan fingerprint density at radius 2 is 0.886 bits per heavy atom. The Morgan fingerprint density at radius 1 is 0.545 bits per heavy atom. The Balaban J connectivity index is 1.88. The minimum Gasteiger partial charge on any atom is -0.245 e. The summed E-state index contributed by atoms with van der Waals surface area (Å²) in [5.74, 6) is 1.31. The van der Waals surface area contributed by atoms with E-state index in [1.165, 1.54) is 44.2 Å². The Labute approximate surface area is 265 Å². The van der Waals surface area contributed by atoms with Gasteiger partial charge in [-0.15, -0.1) is 13.2 Å². The third kappa shape index (κ3) is 5.87. The van der Waals surface area contributed by atoms with Gasteiger partial charge in [-0.3, -0.25) is 0 Å². The van der Waals surface area contributed by atoms with E-state index in [1.54, 1.807) is 0 Å². The molecule has 0 atom stereocenters. The molecule has 2 heteroatoms. The van der Waals surface area contributed by atoms with Crippen LogP contribution in [-0.4, -0.2) is 11.4 Å². The molecule has 44 heavy (non-hydrogen) atoms. The van der Waals surface area contributed by atoms with Gasteiger partial charge in [0.15, 0.2) is 0 Å². The summed E-state index contributed by atoms with van der Waals surface area (Å²) in [6, 6.07) is 22.5. The largest absolute Gasteiger partial charge is 0.245 e. The van der Waals surface area contributed by atoms with E-state index in [9.17, 15) is 0 Å². The fourth-order valence-corrected chi connectivity index (χ4v) is 6.52. The zero-order chi connectivity index (χ0) is 31.7. The van der Waals surface area contributed by atoms with Gasteiger partial charge in [-0.05, 0) is 75.3 Å². The summed E-state index contributed by atoms with van der Waals surface area (Å²) in [6.07, 6.45) is 5.69. The molecule has 0 saturated heterocycles. The molecular formula is C42H48N2. The first-order valence-electron chi connectivity index (χ1n) is 16.3. The fourth-order valence-electron chi connectivity index (χ4n) is 6.52. The van der Waals surface area contributed by atoms with Gasteiger partial charge in [0.05, 0.1) is 22.8 Å². The molecule has 0 aliphatic heterocycles. The molecule has 4 aromatic carbocycles. The van der Waals surface area contributed by atoms with Crippen molar-refractivity contribution in [1.82, 2.24) is 0 Å². The number of benzene rings is 4. The average Bonchev–Trinajstić information content (AvgIpc) is 3.27. The number of nitrogens with zero attached hydrogens (tertiary/aromatic N) is 2. The van der Waals surface area contributed by atoms with Crippen LogP contribution < -0.4 is 0 Å². The van der Waals surface area contributed by atoms with E-state index in [0.29, 0.717) is 23.7 Å². The zero-order valence-electron chi connectivity index (χ0n) is 28.0. The van der Waals surface area contributed by atoms with Gasteiger partial charge in [0.2, 0.25) is 0 Å². The Kier molecular flexibility index (Phi) is 9.20. The van der Waals surface area contributed by atoms with Crippen molar-refractivity contribution in [2.45, 2.75) is 91.9 Å². The molecule has 2 nitrogen and oxygen atoms in total. The van der Waals surface area contributed by atoms with Crippen molar-refractivity contribution >= 4 is 33.6 Å². The molecule has 0 spiro atoms. The quantitative estimate of drug-likeness (QED) is 0.167. The first kappa shape index (κ1) is 31.4. The maximum absolute atomic E-state index is 5.66. The van der Waals surface area contributed by atoms with E-state index in [2.05, 4.69) is 129 Å². The first-order chi connectivity index (χ1) is 21.0. The van der Waals surface area contributed by atoms with Crippen LogP contribution in [0.4, 0.5) is 11.4 Å². The summed E-state index contributed by atoms with van der Waals surface area (Å²) in [7, 11) is 0. The van der Waals surface area contributed by atoms with Crippen LogP contribution >= 0.6 is 0 Å². The maximum Gasteiger partial charge on any atom is 0.0979 e. The predicted octanol–water partition coefficient (Wildman–Crippen LogP) is 12.0. The lowest BCUT2D eigenvalue weighted by atomic mass is 9.89. The number of rotatable bonds is 10. The van der Waals surface area contributed by atoms with E-state index < -0.39 is 0 Å². The normalized spacial score (nSPS) is 14.7. The number of hydrogen-bond donors (Lipinski definition) is 0. The van der Waals surface area contributed by atoms with Crippen molar-refractivity contribution in [3.05, 3.63) is 130 Å². The molecule has 0 radical (unpaired) electrons. The molecule has 0 saturated carbocycles. The van der Waals surface area contributed by atoms with E-state index in [0.717, 1.165) is 46.8 Å². The van der Waals surface area contributed by atoms with Crippen molar-refractivity contribution in [2.24, 2.45) is 9.98 Å². The van der Waals surface area contributed by atoms with Crippen molar-refractivity contribution < 1.29 is 0 Å². The van der Waals surface area contributed by atoms with Gasteiger partial charge in [0, 0.05) is 16.5 Å². The molecule has 0 amide bonds. The monoisotopic (exact) mass is 580 g/mol. The highest BCUT2D eigenvalue weighted by molar-refractivity contribution is 6.61. The number of hydrogen-bond acceptors (Lipinski definition) is 2. The van der Waals surface area contributed by atoms with Gasteiger partial charge >= 0.3 is 0 Å². The summed E-state index contributed by atoms with van der Waals surface area (Å²) in [5, 5.41) is 2.47. The average molecular weight is 581 g/mol. The summed E-state index contributed by atoms with van der Waals surface area (Å²) < 4.78 is 0. The van der Waals surface area contributed by atoms with Crippen molar-refractivity contribution in [3.63, 3.8) is 0 Å². The Morgan fingerprint density at radius 3 is 1.18 bits per heavy atom. The number of allylic oxidation sites excluding steroid dienone is 2. The van der Waals surface area contributed by atoms with E-state index in [-0.39, 0.29) is 0 Å². The van der Waals surface area contributed by atoms with Gasteiger partial charge in [-0.2, -0.15) is 0 Å². The zero-order valence-corrected chi connectivity index (χ0v) is 28.0. The van der Waals surface area contributed by atoms with E-state index in [1.807, 2.05) is 12.2 Å². The van der Waals surface area contributed by atoms with Crippen LogP contribution in [0.3, 0.4) is 0 Å². The van der Waals surface area contributed by atoms with Crippen molar-refractivity contribution in [3.8, 4) is 0 Å². The Bertz CT molecular complexity index is 1610. The first-order valence-corrected chi connectivity index (χ1v) is 16.3. The molecule has 0 fully saturated rings. The third-order valence-electron chi connectivity index (χ3n) is 8.79. The molecule has 5 rings (SSSR count). The van der Waals surface area contributed by atoms with Crippen LogP contribution in [0.5, 0.6) is 0 Å². The van der Waals surface area contributed by atoms with Crippen LogP contribution in [0.2, 0.25) is 0 Å². The highest BCUT2D eigenvalue weighted by Crippen LogP contribution is 2.42. The molecule has 0 heterocycles. The fraction of sp³-hybridized carbons (Fsp3) is 0.333. The van der Waals surface area contributed by atoms with E-state index >= 15 is 0 Å². The van der Waals surface area contributed by atoms with Crippen LogP contribution in [0.25, 0.3) is 10.8 Å². The minimum atomic E-state index is 0.328. The van der Waals surface area contributed by atoms with Gasteiger partial charge in [-0.1, -0.05) is 128 Å². The third-order valence-corrected chi connectivity index (χ3v) is 8.79. The predicted molar refractivity (Wildman–Crippen MR) is 193 cm³/mol. The second kappa shape index (κ2) is 12.9. The SMILES string of the molecule is C=CCc1cc(C(C)C)c(/N=C2\C(=N\c3c(C(C)C)cc(CC=C)cc3C(C)C)c3cccc4cccc2c34)c(C(C)C)c1. The minimum absolute atomic E-state index is 0.328. The van der Waals surface area contributed by atoms with Gasteiger partial charge in [-0.25, -0.2) is 9.98 Å². The highest BCUT2D eigenvalue weighted by Gasteiger charge is 2.29. The molecule has 0 bridgehead atoms. The van der Waals surface area contributed by atoms with Crippen molar-refractivity contribution in [1.29, 1.82) is 0 Å².